The van der Waals surface area contributed by atoms with Crippen LogP contribution in [0.15, 0.2) is 29.0 Å². The second-order valence-corrected chi connectivity index (χ2v) is 5.21. The maximum absolute atomic E-state index is 6.14. The van der Waals surface area contributed by atoms with Gasteiger partial charge < -0.3 is 15.9 Å². The highest BCUT2D eigenvalue weighted by atomic mass is 16.3. The number of rotatable bonds is 4. The minimum atomic E-state index is -0.173. The molecule has 2 rings (SSSR count). The van der Waals surface area contributed by atoms with Crippen molar-refractivity contribution >= 4 is 11.1 Å². The molecule has 1 aromatic heterocycles. The minimum Gasteiger partial charge on any atom is -0.443 e. The summed E-state index contributed by atoms with van der Waals surface area (Å²) in [5, 5.41) is 0. The normalized spacial score (nSPS) is 14.1. The van der Waals surface area contributed by atoms with E-state index in [2.05, 4.69) is 4.98 Å². The zero-order valence-corrected chi connectivity index (χ0v) is 10.3. The Balaban J connectivity index is 2.10. The van der Waals surface area contributed by atoms with E-state index < -0.39 is 0 Å². The molecule has 0 aliphatic rings. The van der Waals surface area contributed by atoms with Gasteiger partial charge in [-0.25, -0.2) is 4.98 Å². The summed E-state index contributed by atoms with van der Waals surface area (Å²) >= 11 is 0. The van der Waals surface area contributed by atoms with Crippen LogP contribution in [0.4, 0.5) is 0 Å². The van der Waals surface area contributed by atoms with E-state index in [1.54, 1.807) is 0 Å². The van der Waals surface area contributed by atoms with E-state index in [9.17, 15) is 0 Å². The molecule has 1 atom stereocenters. The Morgan fingerprint density at radius 1 is 1.41 bits per heavy atom. The van der Waals surface area contributed by atoms with Gasteiger partial charge in [-0.05, 0) is 44.4 Å². The highest BCUT2D eigenvalue weighted by Gasteiger charge is 2.14. The Bertz CT molecular complexity index is 499. The van der Waals surface area contributed by atoms with Crippen molar-refractivity contribution < 1.29 is 4.42 Å². The molecule has 1 heterocycles. The van der Waals surface area contributed by atoms with Crippen LogP contribution in [0.1, 0.15) is 38.3 Å². The number of aromatic nitrogens is 1. The third-order valence-electron chi connectivity index (χ3n) is 2.88. The van der Waals surface area contributed by atoms with Crippen LogP contribution in [0.25, 0.3) is 11.1 Å². The molecular weight excluding hydrogens is 214 g/mol. The number of hydrogen-bond donors (Lipinski definition) is 2. The van der Waals surface area contributed by atoms with Crippen molar-refractivity contribution in [3.05, 3.63) is 30.2 Å². The van der Waals surface area contributed by atoms with E-state index in [-0.39, 0.29) is 11.6 Å². The van der Waals surface area contributed by atoms with Gasteiger partial charge in [-0.15, -0.1) is 0 Å². The number of benzene rings is 1. The second kappa shape index (κ2) is 4.47. The average molecular weight is 233 g/mol. The first-order valence-electron chi connectivity index (χ1n) is 5.83. The Morgan fingerprint density at radius 2 is 2.18 bits per heavy atom. The molecule has 0 radical (unpaired) electrons. The van der Waals surface area contributed by atoms with Gasteiger partial charge in [0, 0.05) is 11.6 Å². The van der Waals surface area contributed by atoms with Gasteiger partial charge in [-0.3, -0.25) is 0 Å². The number of hydrogen-bond acceptors (Lipinski definition) is 4. The quantitative estimate of drug-likeness (QED) is 0.849. The van der Waals surface area contributed by atoms with Gasteiger partial charge in [0.05, 0.1) is 0 Å². The van der Waals surface area contributed by atoms with Crippen LogP contribution < -0.4 is 11.5 Å². The van der Waals surface area contributed by atoms with Crippen LogP contribution in [-0.2, 0) is 0 Å². The lowest BCUT2D eigenvalue weighted by atomic mass is 9.94. The van der Waals surface area contributed by atoms with E-state index >= 15 is 0 Å². The highest BCUT2D eigenvalue weighted by Crippen LogP contribution is 2.23. The van der Waals surface area contributed by atoms with Crippen LogP contribution in [-0.4, -0.2) is 10.5 Å². The third kappa shape index (κ3) is 3.05. The van der Waals surface area contributed by atoms with Gasteiger partial charge in [0.25, 0.3) is 0 Å². The summed E-state index contributed by atoms with van der Waals surface area (Å²) in [6.45, 7) is 4.03. The molecule has 0 spiro atoms. The van der Waals surface area contributed by atoms with Crippen LogP contribution >= 0.6 is 0 Å². The molecule has 2 aromatic rings. The van der Waals surface area contributed by atoms with E-state index in [1.165, 1.54) is 6.39 Å². The predicted octanol–water partition coefficient (Wildman–Crippen LogP) is 2.35. The van der Waals surface area contributed by atoms with Gasteiger partial charge in [-0.1, -0.05) is 6.07 Å². The minimum absolute atomic E-state index is 0.00711. The molecule has 4 N–H and O–H groups in total. The summed E-state index contributed by atoms with van der Waals surface area (Å²) in [7, 11) is 0. The van der Waals surface area contributed by atoms with Gasteiger partial charge in [0.15, 0.2) is 12.0 Å². The molecule has 0 bridgehead atoms. The van der Waals surface area contributed by atoms with Crippen LogP contribution in [0.2, 0.25) is 0 Å². The fourth-order valence-electron chi connectivity index (χ4n) is 1.80. The molecule has 0 amide bonds. The predicted molar refractivity (Wildman–Crippen MR) is 68.4 cm³/mol. The van der Waals surface area contributed by atoms with Crippen LogP contribution in [0, 0.1) is 0 Å². The summed E-state index contributed by atoms with van der Waals surface area (Å²) in [5.74, 6) is 0. The molecule has 4 nitrogen and oxygen atoms in total. The number of nitrogens with zero attached hydrogens (tertiary/aromatic N) is 1. The first-order valence-corrected chi connectivity index (χ1v) is 5.83. The maximum Gasteiger partial charge on any atom is 0.181 e. The standard InChI is InChI=1S/C13H19N3O/c1-13(2,15)6-5-10(14)9-3-4-11-12(7-9)17-8-16-11/h3-4,7-8,10H,5-6,14-15H2,1-2H3. The topological polar surface area (TPSA) is 78.1 Å². The van der Waals surface area contributed by atoms with Crippen molar-refractivity contribution in [1.29, 1.82) is 0 Å². The molecule has 0 aliphatic heterocycles. The molecule has 17 heavy (non-hydrogen) atoms. The van der Waals surface area contributed by atoms with Crippen molar-refractivity contribution in [1.82, 2.24) is 4.98 Å². The number of nitrogens with two attached hydrogens (primary N) is 2. The Labute approximate surface area is 101 Å². The smallest absolute Gasteiger partial charge is 0.181 e. The Hall–Kier alpha value is -1.39. The first kappa shape index (κ1) is 12.1. The highest BCUT2D eigenvalue weighted by molar-refractivity contribution is 5.72. The molecule has 92 valence electrons. The van der Waals surface area contributed by atoms with Gasteiger partial charge in [0.2, 0.25) is 0 Å². The summed E-state index contributed by atoms with van der Waals surface area (Å²) in [6, 6.07) is 5.88. The second-order valence-electron chi connectivity index (χ2n) is 5.21. The first-order chi connectivity index (χ1) is 7.96. The van der Waals surface area contributed by atoms with Gasteiger partial charge in [0.1, 0.15) is 5.52 Å². The fourth-order valence-corrected chi connectivity index (χ4v) is 1.80. The van der Waals surface area contributed by atoms with Crippen molar-refractivity contribution in [3.8, 4) is 0 Å². The van der Waals surface area contributed by atoms with E-state index in [4.69, 9.17) is 15.9 Å². The lowest BCUT2D eigenvalue weighted by Crippen LogP contribution is -2.32. The lowest BCUT2D eigenvalue weighted by Gasteiger charge is -2.21. The summed E-state index contributed by atoms with van der Waals surface area (Å²) in [4.78, 5) is 4.08. The summed E-state index contributed by atoms with van der Waals surface area (Å²) < 4.78 is 5.26. The van der Waals surface area contributed by atoms with Crippen LogP contribution in [0.3, 0.4) is 0 Å². The molecule has 0 aliphatic carbocycles. The zero-order chi connectivity index (χ0) is 12.5. The fraction of sp³-hybridized carbons (Fsp3) is 0.462. The van der Waals surface area contributed by atoms with Crippen molar-refractivity contribution in [3.63, 3.8) is 0 Å². The molecule has 1 aromatic carbocycles. The molecule has 4 heteroatoms. The van der Waals surface area contributed by atoms with E-state index in [0.29, 0.717) is 0 Å². The summed E-state index contributed by atoms with van der Waals surface area (Å²) in [6.07, 6.45) is 3.20. The molecule has 0 fully saturated rings. The molecule has 0 saturated heterocycles. The Kier molecular flexibility index (Phi) is 3.17. The monoisotopic (exact) mass is 233 g/mol. The van der Waals surface area contributed by atoms with Gasteiger partial charge >= 0.3 is 0 Å². The van der Waals surface area contributed by atoms with E-state index in [1.807, 2.05) is 32.0 Å². The number of fused-ring (bicyclic) bond motifs is 1. The summed E-state index contributed by atoms with van der Waals surface area (Å²) in [5.41, 5.74) is 14.6. The number of oxazole rings is 1. The Morgan fingerprint density at radius 3 is 2.88 bits per heavy atom. The molecule has 1 unspecified atom stereocenters. The van der Waals surface area contributed by atoms with Crippen molar-refractivity contribution in [2.75, 3.05) is 0 Å². The van der Waals surface area contributed by atoms with Gasteiger partial charge in [-0.2, -0.15) is 0 Å². The van der Waals surface area contributed by atoms with Crippen molar-refractivity contribution in [2.24, 2.45) is 11.5 Å². The third-order valence-corrected chi connectivity index (χ3v) is 2.88. The van der Waals surface area contributed by atoms with Crippen LogP contribution in [0.5, 0.6) is 0 Å². The molecular formula is C13H19N3O. The zero-order valence-electron chi connectivity index (χ0n) is 10.3. The van der Waals surface area contributed by atoms with Crippen molar-refractivity contribution in [2.45, 2.75) is 38.3 Å². The van der Waals surface area contributed by atoms with E-state index in [0.717, 1.165) is 29.5 Å². The molecule has 0 saturated carbocycles. The maximum atomic E-state index is 6.14. The SMILES string of the molecule is CC(C)(N)CCC(N)c1ccc2ncoc2c1. The lowest BCUT2D eigenvalue weighted by molar-refractivity contribution is 0.433. The largest absolute Gasteiger partial charge is 0.443 e. The average Bonchev–Trinajstić information content (AvgIpc) is 2.71.